The molecule has 0 bridgehead atoms. The SMILES string of the molecule is CCC#CCC(C)(C)CCC. The molecule has 0 aliphatic heterocycles. The summed E-state index contributed by atoms with van der Waals surface area (Å²) in [5.74, 6) is 6.32. The van der Waals surface area contributed by atoms with Gasteiger partial charge in [-0.15, -0.1) is 11.8 Å². The van der Waals surface area contributed by atoms with Crippen molar-refractivity contribution in [3.8, 4) is 11.8 Å². The van der Waals surface area contributed by atoms with E-state index in [-0.39, 0.29) is 0 Å². The van der Waals surface area contributed by atoms with E-state index in [9.17, 15) is 0 Å². The van der Waals surface area contributed by atoms with Crippen molar-refractivity contribution in [1.29, 1.82) is 0 Å². The molecule has 0 aliphatic rings. The van der Waals surface area contributed by atoms with Crippen molar-refractivity contribution in [3.05, 3.63) is 0 Å². The monoisotopic (exact) mass is 152 g/mol. The third-order valence-electron chi connectivity index (χ3n) is 1.80. The quantitative estimate of drug-likeness (QED) is 0.542. The molecule has 0 saturated heterocycles. The fraction of sp³-hybridized carbons (Fsp3) is 0.818. The highest BCUT2D eigenvalue weighted by molar-refractivity contribution is 5.00. The molecule has 0 heterocycles. The molecule has 0 saturated carbocycles. The van der Waals surface area contributed by atoms with Crippen molar-refractivity contribution in [1.82, 2.24) is 0 Å². The maximum Gasteiger partial charge on any atom is 0.0140 e. The molecule has 0 nitrogen and oxygen atoms in total. The standard InChI is InChI=1S/C11H20/c1-5-7-8-10-11(3,4)9-6-2/h5-6,9-10H2,1-4H3. The highest BCUT2D eigenvalue weighted by atomic mass is 14.2. The zero-order valence-corrected chi connectivity index (χ0v) is 8.33. The van der Waals surface area contributed by atoms with E-state index < -0.39 is 0 Å². The van der Waals surface area contributed by atoms with Crippen LogP contribution in [0, 0.1) is 17.3 Å². The van der Waals surface area contributed by atoms with Gasteiger partial charge in [-0.2, -0.15) is 0 Å². The van der Waals surface area contributed by atoms with E-state index in [0.29, 0.717) is 5.41 Å². The van der Waals surface area contributed by atoms with Gasteiger partial charge in [0.2, 0.25) is 0 Å². The van der Waals surface area contributed by atoms with E-state index in [4.69, 9.17) is 0 Å². The molecule has 0 rings (SSSR count). The van der Waals surface area contributed by atoms with Crippen LogP contribution in [0.15, 0.2) is 0 Å². The fourth-order valence-electron chi connectivity index (χ4n) is 1.19. The molecule has 0 fully saturated rings. The van der Waals surface area contributed by atoms with E-state index >= 15 is 0 Å². The molecular weight excluding hydrogens is 132 g/mol. The van der Waals surface area contributed by atoms with E-state index in [2.05, 4.69) is 39.5 Å². The Kier molecular flexibility index (Phi) is 5.03. The van der Waals surface area contributed by atoms with Crippen molar-refractivity contribution in [2.75, 3.05) is 0 Å². The maximum absolute atomic E-state index is 3.21. The molecule has 0 heteroatoms. The summed E-state index contributed by atoms with van der Waals surface area (Å²) in [6.45, 7) is 8.91. The van der Waals surface area contributed by atoms with Crippen LogP contribution in [0.4, 0.5) is 0 Å². The van der Waals surface area contributed by atoms with Gasteiger partial charge in [-0.1, -0.05) is 34.1 Å². The lowest BCUT2D eigenvalue weighted by Crippen LogP contribution is -2.08. The van der Waals surface area contributed by atoms with Gasteiger partial charge in [0.25, 0.3) is 0 Å². The van der Waals surface area contributed by atoms with Crippen molar-refractivity contribution >= 4 is 0 Å². The fourth-order valence-corrected chi connectivity index (χ4v) is 1.19. The van der Waals surface area contributed by atoms with Crippen LogP contribution >= 0.6 is 0 Å². The first-order valence-electron chi connectivity index (χ1n) is 4.58. The van der Waals surface area contributed by atoms with Gasteiger partial charge >= 0.3 is 0 Å². The van der Waals surface area contributed by atoms with Gasteiger partial charge in [0, 0.05) is 12.8 Å². The number of rotatable bonds is 3. The molecule has 0 aromatic heterocycles. The minimum Gasteiger partial charge on any atom is -0.104 e. The van der Waals surface area contributed by atoms with Crippen molar-refractivity contribution in [2.24, 2.45) is 5.41 Å². The third-order valence-corrected chi connectivity index (χ3v) is 1.80. The minimum absolute atomic E-state index is 0.428. The Morgan fingerprint density at radius 2 is 1.73 bits per heavy atom. The lowest BCUT2D eigenvalue weighted by molar-refractivity contribution is 0.341. The first kappa shape index (κ1) is 10.6. The summed E-state index contributed by atoms with van der Waals surface area (Å²) in [5.41, 5.74) is 0.428. The predicted molar refractivity (Wildman–Crippen MR) is 51.4 cm³/mol. The Bertz CT molecular complexity index is 143. The number of hydrogen-bond donors (Lipinski definition) is 0. The van der Waals surface area contributed by atoms with Gasteiger partial charge < -0.3 is 0 Å². The maximum atomic E-state index is 3.21. The van der Waals surface area contributed by atoms with Crippen molar-refractivity contribution in [2.45, 2.75) is 53.4 Å². The summed E-state index contributed by atoms with van der Waals surface area (Å²) in [6.07, 6.45) is 4.59. The van der Waals surface area contributed by atoms with Crippen LogP contribution in [0.25, 0.3) is 0 Å². The van der Waals surface area contributed by atoms with E-state index in [1.54, 1.807) is 0 Å². The summed E-state index contributed by atoms with van der Waals surface area (Å²) >= 11 is 0. The summed E-state index contributed by atoms with van der Waals surface area (Å²) in [4.78, 5) is 0. The Morgan fingerprint density at radius 3 is 2.18 bits per heavy atom. The van der Waals surface area contributed by atoms with Crippen LogP contribution < -0.4 is 0 Å². The molecule has 0 aromatic carbocycles. The van der Waals surface area contributed by atoms with Crippen molar-refractivity contribution < 1.29 is 0 Å². The zero-order valence-electron chi connectivity index (χ0n) is 8.33. The minimum atomic E-state index is 0.428. The molecular formula is C11H20. The van der Waals surface area contributed by atoms with Gasteiger partial charge in [0.15, 0.2) is 0 Å². The van der Waals surface area contributed by atoms with Crippen LogP contribution in [-0.2, 0) is 0 Å². The van der Waals surface area contributed by atoms with Crippen LogP contribution in [0.1, 0.15) is 53.4 Å². The first-order valence-corrected chi connectivity index (χ1v) is 4.58. The molecule has 0 spiro atoms. The Labute approximate surface area is 71.4 Å². The highest BCUT2D eigenvalue weighted by Gasteiger charge is 2.13. The van der Waals surface area contributed by atoms with Gasteiger partial charge in [0.05, 0.1) is 0 Å². The summed E-state index contributed by atoms with van der Waals surface area (Å²) in [7, 11) is 0. The second-order valence-electron chi connectivity index (χ2n) is 3.80. The van der Waals surface area contributed by atoms with Gasteiger partial charge in [-0.05, 0) is 11.8 Å². The molecule has 0 aromatic rings. The van der Waals surface area contributed by atoms with E-state index in [1.807, 2.05) is 0 Å². The summed E-state index contributed by atoms with van der Waals surface area (Å²) in [5, 5.41) is 0. The lowest BCUT2D eigenvalue weighted by Gasteiger charge is -2.20. The van der Waals surface area contributed by atoms with Crippen LogP contribution in [0.2, 0.25) is 0 Å². The van der Waals surface area contributed by atoms with Crippen molar-refractivity contribution in [3.63, 3.8) is 0 Å². The highest BCUT2D eigenvalue weighted by Crippen LogP contribution is 2.25. The Balaban J connectivity index is 3.71. The first-order chi connectivity index (χ1) is 5.12. The third kappa shape index (κ3) is 5.98. The lowest BCUT2D eigenvalue weighted by atomic mass is 9.85. The van der Waals surface area contributed by atoms with E-state index in [1.165, 1.54) is 12.8 Å². The normalized spacial score (nSPS) is 10.5. The second-order valence-corrected chi connectivity index (χ2v) is 3.80. The molecule has 0 amide bonds. The average Bonchev–Trinajstić information content (AvgIpc) is 1.87. The summed E-state index contributed by atoms with van der Waals surface area (Å²) in [6, 6.07) is 0. The largest absolute Gasteiger partial charge is 0.104 e. The zero-order chi connectivity index (χ0) is 8.74. The molecule has 11 heavy (non-hydrogen) atoms. The van der Waals surface area contributed by atoms with E-state index in [0.717, 1.165) is 12.8 Å². The summed E-state index contributed by atoms with van der Waals surface area (Å²) < 4.78 is 0. The Hall–Kier alpha value is -0.440. The van der Waals surface area contributed by atoms with Crippen LogP contribution in [0.3, 0.4) is 0 Å². The Morgan fingerprint density at radius 1 is 1.09 bits per heavy atom. The van der Waals surface area contributed by atoms with Gasteiger partial charge in [-0.3, -0.25) is 0 Å². The smallest absolute Gasteiger partial charge is 0.0140 e. The second kappa shape index (κ2) is 5.24. The van der Waals surface area contributed by atoms with Gasteiger partial charge in [0.1, 0.15) is 0 Å². The molecule has 0 aliphatic carbocycles. The predicted octanol–water partition coefficient (Wildman–Crippen LogP) is 3.62. The molecule has 64 valence electrons. The molecule has 0 N–H and O–H groups in total. The topological polar surface area (TPSA) is 0 Å². The van der Waals surface area contributed by atoms with Crippen LogP contribution in [0.5, 0.6) is 0 Å². The molecule has 0 atom stereocenters. The molecule has 0 unspecified atom stereocenters. The molecule has 0 radical (unpaired) electrons. The van der Waals surface area contributed by atoms with Gasteiger partial charge in [-0.25, -0.2) is 0 Å². The van der Waals surface area contributed by atoms with Crippen LogP contribution in [-0.4, -0.2) is 0 Å². The number of hydrogen-bond acceptors (Lipinski definition) is 0. The average molecular weight is 152 g/mol.